The summed E-state index contributed by atoms with van der Waals surface area (Å²) in [6.45, 7) is 6.77. The van der Waals surface area contributed by atoms with Gasteiger partial charge in [0.15, 0.2) is 12.2 Å². The first-order chi connectivity index (χ1) is 13.4. The summed E-state index contributed by atoms with van der Waals surface area (Å²) in [5, 5.41) is 0. The molecule has 0 spiro atoms. The predicted molar refractivity (Wildman–Crippen MR) is 101 cm³/mol. The molecule has 0 aromatic heterocycles. The summed E-state index contributed by atoms with van der Waals surface area (Å²) in [4.78, 5) is 47.3. The van der Waals surface area contributed by atoms with Crippen LogP contribution < -0.4 is 0 Å². The van der Waals surface area contributed by atoms with Crippen LogP contribution in [0.15, 0.2) is 0 Å². The Labute approximate surface area is 167 Å². The fourth-order valence-electron chi connectivity index (χ4n) is 2.20. The Hall–Kier alpha value is -2.12. The minimum Gasteiger partial charge on any atom is -0.462 e. The molecule has 162 valence electrons. The van der Waals surface area contributed by atoms with E-state index < -0.39 is 36.1 Å². The smallest absolute Gasteiger partial charge is 0.306 e. The molecule has 0 aromatic carbocycles. The van der Waals surface area contributed by atoms with Gasteiger partial charge >= 0.3 is 23.9 Å². The van der Waals surface area contributed by atoms with Crippen LogP contribution in [0.1, 0.15) is 79.1 Å². The molecule has 0 aliphatic rings. The summed E-state index contributed by atoms with van der Waals surface area (Å²) in [6.07, 6.45) is 1.08. The number of rotatable bonds is 15. The number of hydrogen-bond acceptors (Lipinski definition) is 8. The molecular formula is C20H34O8. The van der Waals surface area contributed by atoms with Crippen LogP contribution in [-0.2, 0) is 38.1 Å². The minimum absolute atomic E-state index is 0.171. The highest BCUT2D eigenvalue weighted by atomic mass is 16.6. The topological polar surface area (TPSA) is 105 Å². The lowest BCUT2D eigenvalue weighted by atomic mass is 10.2. The molecule has 2 atom stereocenters. The Kier molecular flexibility index (Phi) is 14.7. The van der Waals surface area contributed by atoms with Crippen LogP contribution in [0, 0.1) is 0 Å². The highest BCUT2D eigenvalue weighted by Gasteiger charge is 2.31. The van der Waals surface area contributed by atoms with E-state index in [1.807, 2.05) is 27.7 Å². The number of ether oxygens (including phenoxy) is 4. The maximum absolute atomic E-state index is 12.0. The van der Waals surface area contributed by atoms with E-state index in [1.54, 1.807) is 0 Å². The minimum atomic E-state index is -1.05. The summed E-state index contributed by atoms with van der Waals surface area (Å²) in [7, 11) is 0. The highest BCUT2D eigenvalue weighted by Crippen LogP contribution is 2.12. The van der Waals surface area contributed by atoms with Crippen LogP contribution in [0.3, 0.4) is 0 Å². The van der Waals surface area contributed by atoms with Crippen LogP contribution in [-0.4, -0.2) is 49.3 Å². The molecule has 0 amide bonds. The lowest BCUT2D eigenvalue weighted by molar-refractivity contribution is -0.182. The number of carbonyl (C=O) groups excluding carboxylic acids is 4. The number of carbonyl (C=O) groups is 4. The van der Waals surface area contributed by atoms with Gasteiger partial charge in [-0.05, 0) is 25.7 Å². The van der Waals surface area contributed by atoms with Crippen molar-refractivity contribution < 1.29 is 38.1 Å². The average molecular weight is 402 g/mol. The molecule has 0 bridgehead atoms. The van der Waals surface area contributed by atoms with E-state index in [1.165, 1.54) is 0 Å². The maximum Gasteiger partial charge on any atom is 0.306 e. The number of hydrogen-bond donors (Lipinski definition) is 0. The van der Waals surface area contributed by atoms with Gasteiger partial charge in [-0.25, -0.2) is 0 Å². The van der Waals surface area contributed by atoms with Crippen molar-refractivity contribution in [1.82, 2.24) is 0 Å². The van der Waals surface area contributed by atoms with Crippen molar-refractivity contribution in [3.8, 4) is 0 Å². The molecule has 0 saturated heterocycles. The molecule has 0 N–H and O–H groups in total. The van der Waals surface area contributed by atoms with Gasteiger partial charge in [-0.2, -0.15) is 0 Å². The maximum atomic E-state index is 12.0. The summed E-state index contributed by atoms with van der Waals surface area (Å²) in [5.74, 6) is -1.90. The molecule has 0 aliphatic carbocycles. The zero-order valence-corrected chi connectivity index (χ0v) is 17.5. The second kappa shape index (κ2) is 15.9. The molecule has 0 saturated carbocycles. The Bertz CT molecular complexity index is 445. The Morgan fingerprint density at radius 3 is 1.11 bits per heavy atom. The molecule has 0 aromatic rings. The monoisotopic (exact) mass is 402 g/mol. The molecule has 0 unspecified atom stereocenters. The molecule has 28 heavy (non-hydrogen) atoms. The summed E-state index contributed by atoms with van der Waals surface area (Å²) >= 11 is 0. The van der Waals surface area contributed by atoms with Crippen molar-refractivity contribution in [3.63, 3.8) is 0 Å². The van der Waals surface area contributed by atoms with Gasteiger partial charge in [-0.15, -0.1) is 0 Å². The van der Waals surface area contributed by atoms with E-state index in [2.05, 4.69) is 0 Å². The molecule has 8 nitrogen and oxygen atoms in total. The zero-order valence-electron chi connectivity index (χ0n) is 17.5. The first-order valence-electron chi connectivity index (χ1n) is 10.1. The SMILES string of the molecule is CCCC(=O)OC[C@H](OC(=O)CCC)[C@@H](COC(=O)CCC)OC(=O)CCC. The van der Waals surface area contributed by atoms with Gasteiger partial charge in [-0.3, -0.25) is 19.2 Å². The van der Waals surface area contributed by atoms with Gasteiger partial charge < -0.3 is 18.9 Å². The molecule has 0 aliphatic heterocycles. The van der Waals surface area contributed by atoms with Crippen molar-refractivity contribution in [2.24, 2.45) is 0 Å². The first kappa shape index (κ1) is 25.9. The van der Waals surface area contributed by atoms with Crippen LogP contribution in [0.25, 0.3) is 0 Å². The number of esters is 4. The van der Waals surface area contributed by atoms with Crippen LogP contribution in [0.2, 0.25) is 0 Å². The largest absolute Gasteiger partial charge is 0.462 e. The molecule has 0 fully saturated rings. The van der Waals surface area contributed by atoms with E-state index in [0.29, 0.717) is 25.7 Å². The van der Waals surface area contributed by atoms with Gasteiger partial charge in [0.1, 0.15) is 13.2 Å². The first-order valence-corrected chi connectivity index (χ1v) is 10.1. The third-order valence-electron chi connectivity index (χ3n) is 3.61. The predicted octanol–water partition coefficient (Wildman–Crippen LogP) is 3.10. The summed E-state index contributed by atoms with van der Waals surface area (Å²) in [6, 6.07) is 0. The van der Waals surface area contributed by atoms with E-state index >= 15 is 0 Å². The van der Waals surface area contributed by atoms with Gasteiger partial charge in [0, 0.05) is 25.7 Å². The van der Waals surface area contributed by atoms with Crippen molar-refractivity contribution >= 4 is 23.9 Å². The molecular weight excluding hydrogens is 368 g/mol. The fourth-order valence-corrected chi connectivity index (χ4v) is 2.20. The van der Waals surface area contributed by atoms with Crippen LogP contribution in [0.4, 0.5) is 0 Å². The highest BCUT2D eigenvalue weighted by molar-refractivity contribution is 5.71. The third-order valence-corrected chi connectivity index (χ3v) is 3.61. The quantitative estimate of drug-likeness (QED) is 0.304. The van der Waals surface area contributed by atoms with E-state index in [4.69, 9.17) is 18.9 Å². The molecule has 0 heterocycles. The fraction of sp³-hybridized carbons (Fsp3) is 0.800. The molecule has 8 heteroatoms. The van der Waals surface area contributed by atoms with Gasteiger partial charge in [0.2, 0.25) is 0 Å². The lowest BCUT2D eigenvalue weighted by Gasteiger charge is -2.26. The zero-order chi connectivity index (χ0) is 21.4. The van der Waals surface area contributed by atoms with Crippen molar-refractivity contribution in [2.75, 3.05) is 13.2 Å². The van der Waals surface area contributed by atoms with E-state index in [-0.39, 0.29) is 38.9 Å². The second-order valence-electron chi connectivity index (χ2n) is 6.42. The second-order valence-corrected chi connectivity index (χ2v) is 6.42. The Morgan fingerprint density at radius 2 is 0.821 bits per heavy atom. The van der Waals surface area contributed by atoms with Crippen LogP contribution >= 0.6 is 0 Å². The van der Waals surface area contributed by atoms with Gasteiger partial charge in [0.25, 0.3) is 0 Å². The molecule has 0 rings (SSSR count). The lowest BCUT2D eigenvalue weighted by Crippen LogP contribution is -2.42. The molecule has 0 radical (unpaired) electrons. The standard InChI is InChI=1S/C20H34O8/c1-5-9-17(21)25-13-15(27-19(23)11-7-3)16(28-20(24)12-8-4)14-26-18(22)10-6-2/h15-16H,5-14H2,1-4H3/t15-,16+. The Balaban J connectivity index is 5.23. The normalized spacial score (nSPS) is 12.6. The van der Waals surface area contributed by atoms with Crippen molar-refractivity contribution in [1.29, 1.82) is 0 Å². The van der Waals surface area contributed by atoms with E-state index in [0.717, 1.165) is 0 Å². The third kappa shape index (κ3) is 12.3. The van der Waals surface area contributed by atoms with Crippen molar-refractivity contribution in [3.05, 3.63) is 0 Å². The Morgan fingerprint density at radius 1 is 0.536 bits per heavy atom. The summed E-state index contributed by atoms with van der Waals surface area (Å²) < 4.78 is 21.0. The average Bonchev–Trinajstić information content (AvgIpc) is 2.63. The van der Waals surface area contributed by atoms with Crippen LogP contribution in [0.5, 0.6) is 0 Å². The van der Waals surface area contributed by atoms with Gasteiger partial charge in [0.05, 0.1) is 0 Å². The van der Waals surface area contributed by atoms with E-state index in [9.17, 15) is 19.2 Å². The summed E-state index contributed by atoms with van der Waals surface area (Å²) in [5.41, 5.74) is 0. The van der Waals surface area contributed by atoms with Crippen molar-refractivity contribution in [2.45, 2.75) is 91.3 Å². The van der Waals surface area contributed by atoms with Gasteiger partial charge in [-0.1, -0.05) is 27.7 Å².